The molecule has 0 fully saturated rings. The van der Waals surface area contributed by atoms with E-state index in [1.165, 1.54) is 73.6 Å². The minimum atomic E-state index is 0.328. The van der Waals surface area contributed by atoms with Gasteiger partial charge in [-0.3, -0.25) is 0 Å². The first-order valence-electron chi connectivity index (χ1n) is 8.21. The van der Waals surface area contributed by atoms with Crippen LogP contribution in [-0.2, 0) is 6.42 Å². The molecule has 1 nitrogen and oxygen atoms in total. The van der Waals surface area contributed by atoms with Gasteiger partial charge in [-0.2, -0.15) is 0 Å². The van der Waals surface area contributed by atoms with Gasteiger partial charge in [0.25, 0.3) is 0 Å². The maximum absolute atomic E-state index is 6.22. The molecule has 2 N–H and O–H groups in total. The average molecular weight is 360 g/mol. The van der Waals surface area contributed by atoms with Gasteiger partial charge in [-0.15, -0.1) is 11.3 Å². The minimum absolute atomic E-state index is 0.328. The molecule has 1 heterocycles. The van der Waals surface area contributed by atoms with E-state index < -0.39 is 0 Å². The Kier molecular flexibility index (Phi) is 10.7. The first kappa shape index (κ1) is 18.2. The number of thiophene rings is 1. The van der Waals surface area contributed by atoms with Crippen molar-refractivity contribution < 1.29 is 0 Å². The van der Waals surface area contributed by atoms with Gasteiger partial charge < -0.3 is 5.73 Å². The third-order valence-corrected chi connectivity index (χ3v) is 5.77. The summed E-state index contributed by atoms with van der Waals surface area (Å²) in [5.74, 6) is 0. The molecule has 0 aliphatic heterocycles. The number of nitrogens with two attached hydrogens (primary N) is 1. The summed E-state index contributed by atoms with van der Waals surface area (Å²) in [6, 6.07) is 2.44. The van der Waals surface area contributed by atoms with Gasteiger partial charge in [-0.25, -0.2) is 0 Å². The lowest BCUT2D eigenvalue weighted by Crippen LogP contribution is -2.22. The van der Waals surface area contributed by atoms with Crippen LogP contribution in [0, 0.1) is 0 Å². The van der Waals surface area contributed by atoms with E-state index in [1.54, 1.807) is 0 Å². The molecule has 20 heavy (non-hydrogen) atoms. The van der Waals surface area contributed by atoms with Crippen LogP contribution in [0.2, 0.25) is 0 Å². The predicted octanol–water partition coefficient (Wildman–Crippen LogP) is 6.30. The summed E-state index contributed by atoms with van der Waals surface area (Å²) < 4.78 is 1.23. The van der Waals surface area contributed by atoms with Gasteiger partial charge in [0.15, 0.2) is 0 Å². The molecular weight excluding hydrogens is 330 g/mol. The molecule has 0 saturated carbocycles. The molecule has 1 aromatic rings. The maximum atomic E-state index is 6.22. The molecule has 1 unspecified atom stereocenters. The smallest absolute Gasteiger partial charge is 0.0314 e. The van der Waals surface area contributed by atoms with Gasteiger partial charge in [-0.1, -0.05) is 64.7 Å². The monoisotopic (exact) mass is 359 g/mol. The van der Waals surface area contributed by atoms with Crippen molar-refractivity contribution in [2.45, 2.75) is 83.6 Å². The van der Waals surface area contributed by atoms with E-state index in [0.717, 1.165) is 6.42 Å². The largest absolute Gasteiger partial charge is 0.327 e. The second-order valence-corrected chi connectivity index (χ2v) is 7.63. The molecule has 0 amide bonds. The summed E-state index contributed by atoms with van der Waals surface area (Å²) in [7, 11) is 0. The predicted molar refractivity (Wildman–Crippen MR) is 95.5 cm³/mol. The topological polar surface area (TPSA) is 26.0 Å². The Hall–Kier alpha value is 0.140. The van der Waals surface area contributed by atoms with Crippen molar-refractivity contribution in [2.75, 3.05) is 0 Å². The summed E-state index contributed by atoms with van der Waals surface area (Å²) >= 11 is 5.39. The molecule has 1 rings (SSSR count). The molecule has 0 radical (unpaired) electrons. The van der Waals surface area contributed by atoms with Gasteiger partial charge in [0.1, 0.15) is 0 Å². The normalized spacial score (nSPS) is 12.8. The lowest BCUT2D eigenvalue weighted by atomic mass is 10.0. The third kappa shape index (κ3) is 8.43. The summed E-state index contributed by atoms with van der Waals surface area (Å²) in [4.78, 5) is 1.40. The van der Waals surface area contributed by atoms with Crippen molar-refractivity contribution in [3.63, 3.8) is 0 Å². The van der Waals surface area contributed by atoms with Crippen molar-refractivity contribution in [2.24, 2.45) is 5.73 Å². The van der Waals surface area contributed by atoms with E-state index in [4.69, 9.17) is 5.73 Å². The first-order valence-corrected chi connectivity index (χ1v) is 9.88. The van der Waals surface area contributed by atoms with Crippen molar-refractivity contribution in [3.05, 3.63) is 20.8 Å². The summed E-state index contributed by atoms with van der Waals surface area (Å²) in [6.45, 7) is 2.28. The van der Waals surface area contributed by atoms with E-state index >= 15 is 0 Å². The van der Waals surface area contributed by atoms with E-state index in [0.29, 0.717) is 6.04 Å². The van der Waals surface area contributed by atoms with Crippen LogP contribution in [0.25, 0.3) is 0 Å². The lowest BCUT2D eigenvalue weighted by molar-refractivity contribution is 0.523. The number of hydrogen-bond donors (Lipinski definition) is 1. The van der Waals surface area contributed by atoms with Crippen LogP contribution in [0.4, 0.5) is 0 Å². The minimum Gasteiger partial charge on any atom is -0.327 e. The molecular formula is C17H30BrNS. The molecule has 0 bridgehead atoms. The molecule has 0 spiro atoms. The first-order chi connectivity index (χ1) is 9.74. The Balaban J connectivity index is 1.92. The molecule has 116 valence electrons. The van der Waals surface area contributed by atoms with Crippen molar-refractivity contribution in [3.8, 4) is 0 Å². The second-order valence-electron chi connectivity index (χ2n) is 5.77. The van der Waals surface area contributed by atoms with Crippen molar-refractivity contribution >= 4 is 27.3 Å². The summed E-state index contributed by atoms with van der Waals surface area (Å²) in [5.41, 5.74) is 6.22. The highest BCUT2D eigenvalue weighted by atomic mass is 79.9. The van der Waals surface area contributed by atoms with Gasteiger partial charge >= 0.3 is 0 Å². The Bertz CT molecular complexity index is 337. The SMILES string of the molecule is CCCCCCCCCCCC(N)Cc1sccc1Br. The molecule has 1 aromatic heterocycles. The second kappa shape index (κ2) is 11.8. The number of rotatable bonds is 12. The number of unbranched alkanes of at least 4 members (excludes halogenated alkanes) is 8. The zero-order chi connectivity index (χ0) is 14.6. The fourth-order valence-electron chi connectivity index (χ4n) is 2.53. The molecule has 0 saturated heterocycles. The number of halogens is 1. The van der Waals surface area contributed by atoms with E-state index in [2.05, 4.69) is 34.3 Å². The third-order valence-electron chi connectivity index (χ3n) is 3.82. The van der Waals surface area contributed by atoms with E-state index in [9.17, 15) is 0 Å². The highest BCUT2D eigenvalue weighted by molar-refractivity contribution is 9.10. The molecule has 1 atom stereocenters. The van der Waals surface area contributed by atoms with Crippen LogP contribution in [-0.4, -0.2) is 6.04 Å². The Labute approximate surface area is 137 Å². The van der Waals surface area contributed by atoms with Gasteiger partial charge in [0, 0.05) is 15.4 Å². The Morgan fingerprint density at radius 2 is 1.65 bits per heavy atom. The Morgan fingerprint density at radius 1 is 1.05 bits per heavy atom. The highest BCUT2D eigenvalue weighted by Crippen LogP contribution is 2.24. The van der Waals surface area contributed by atoms with Crippen molar-refractivity contribution in [1.82, 2.24) is 0 Å². The zero-order valence-corrected chi connectivity index (χ0v) is 15.3. The van der Waals surface area contributed by atoms with E-state index in [1.807, 2.05) is 11.3 Å². The van der Waals surface area contributed by atoms with Crippen molar-refractivity contribution in [1.29, 1.82) is 0 Å². The zero-order valence-electron chi connectivity index (χ0n) is 12.9. The molecule has 0 aromatic carbocycles. The molecule has 0 aliphatic rings. The summed E-state index contributed by atoms with van der Waals surface area (Å²) in [6.07, 6.45) is 14.7. The summed E-state index contributed by atoms with van der Waals surface area (Å²) in [5, 5.41) is 2.13. The van der Waals surface area contributed by atoms with E-state index in [-0.39, 0.29) is 0 Å². The molecule has 0 aliphatic carbocycles. The van der Waals surface area contributed by atoms with Crippen LogP contribution < -0.4 is 5.73 Å². The van der Waals surface area contributed by atoms with Gasteiger partial charge in [-0.05, 0) is 40.2 Å². The van der Waals surface area contributed by atoms with Crippen LogP contribution in [0.3, 0.4) is 0 Å². The fourth-order valence-corrected chi connectivity index (χ4v) is 4.14. The van der Waals surface area contributed by atoms with Crippen LogP contribution in [0.1, 0.15) is 76.0 Å². The highest BCUT2D eigenvalue weighted by Gasteiger charge is 2.07. The fraction of sp³-hybridized carbons (Fsp3) is 0.765. The van der Waals surface area contributed by atoms with Crippen LogP contribution >= 0.6 is 27.3 Å². The van der Waals surface area contributed by atoms with Gasteiger partial charge in [0.05, 0.1) is 0 Å². The van der Waals surface area contributed by atoms with Crippen LogP contribution in [0.5, 0.6) is 0 Å². The Morgan fingerprint density at radius 3 is 2.20 bits per heavy atom. The number of hydrogen-bond acceptors (Lipinski definition) is 2. The van der Waals surface area contributed by atoms with Crippen LogP contribution in [0.15, 0.2) is 15.9 Å². The maximum Gasteiger partial charge on any atom is 0.0314 e. The average Bonchev–Trinajstić information content (AvgIpc) is 2.82. The quantitative estimate of drug-likeness (QED) is 0.435. The van der Waals surface area contributed by atoms with Gasteiger partial charge in [0.2, 0.25) is 0 Å². The molecule has 3 heteroatoms. The standard InChI is InChI=1S/C17H30BrNS/c1-2-3-4-5-6-7-8-9-10-11-15(19)14-17-16(18)12-13-20-17/h12-13,15H,2-11,14,19H2,1H3. The lowest BCUT2D eigenvalue weighted by Gasteiger charge is -2.10.